The van der Waals surface area contributed by atoms with Crippen LogP contribution in [0.25, 0.3) is 0 Å². The number of sulfonamides is 1. The van der Waals surface area contributed by atoms with Crippen molar-refractivity contribution >= 4 is 22.0 Å². The van der Waals surface area contributed by atoms with Crippen LogP contribution in [0.15, 0.2) is 83.8 Å². The van der Waals surface area contributed by atoms with Crippen molar-refractivity contribution < 1.29 is 37.3 Å². The van der Waals surface area contributed by atoms with Crippen LogP contribution in [0.5, 0.6) is 11.5 Å². The molecule has 1 heterocycles. The van der Waals surface area contributed by atoms with Crippen molar-refractivity contribution in [3.05, 3.63) is 90.0 Å². The number of hydrogen-bond acceptors (Lipinski definition) is 8. The lowest BCUT2D eigenvalue weighted by Crippen LogP contribution is -2.58. The summed E-state index contributed by atoms with van der Waals surface area (Å²) in [4.78, 5) is 26.6. The van der Waals surface area contributed by atoms with Crippen molar-refractivity contribution in [1.29, 1.82) is 0 Å². The summed E-state index contributed by atoms with van der Waals surface area (Å²) in [5.74, 6) is 0.178. The summed E-state index contributed by atoms with van der Waals surface area (Å²) in [5.41, 5.74) is 0.894. The van der Waals surface area contributed by atoms with Gasteiger partial charge in [0.15, 0.2) is 11.5 Å². The Morgan fingerprint density at radius 1 is 0.894 bits per heavy atom. The Hall–Kier alpha value is -4.13. The van der Waals surface area contributed by atoms with E-state index in [4.69, 9.17) is 14.2 Å². The summed E-state index contributed by atoms with van der Waals surface area (Å²) in [7, 11) is -4.08. The molecule has 0 spiro atoms. The van der Waals surface area contributed by atoms with Gasteiger partial charge in [0, 0.05) is 19.2 Å². The number of benzene rings is 3. The zero-order valence-electron chi connectivity index (χ0n) is 27.5. The van der Waals surface area contributed by atoms with E-state index in [1.807, 2.05) is 74.5 Å². The first kappa shape index (κ1) is 35.7. The molecule has 0 radical (unpaired) electrons. The molecule has 12 heteroatoms. The van der Waals surface area contributed by atoms with Crippen LogP contribution in [0.2, 0.25) is 0 Å². The second-order valence-electron chi connectivity index (χ2n) is 13.1. The summed E-state index contributed by atoms with van der Waals surface area (Å²) in [6.45, 7) is 9.05. The van der Waals surface area contributed by atoms with Crippen molar-refractivity contribution in [3.63, 3.8) is 0 Å². The molecule has 254 valence electrons. The van der Waals surface area contributed by atoms with Gasteiger partial charge < -0.3 is 30.0 Å². The molecular weight excluding hydrogens is 622 g/mol. The molecule has 2 amide bonds. The van der Waals surface area contributed by atoms with Gasteiger partial charge in [-0.2, -0.15) is 4.31 Å². The van der Waals surface area contributed by atoms with Crippen LogP contribution in [-0.2, 0) is 32.6 Å². The Morgan fingerprint density at radius 3 is 2.13 bits per heavy atom. The first-order valence-corrected chi connectivity index (χ1v) is 17.1. The molecule has 3 unspecified atom stereocenters. The van der Waals surface area contributed by atoms with Crippen LogP contribution in [0.4, 0.5) is 4.79 Å². The Balaban J connectivity index is 1.55. The van der Waals surface area contributed by atoms with Crippen LogP contribution in [0, 0.1) is 11.3 Å². The molecule has 0 fully saturated rings. The number of carbonyl (C=O) groups is 2. The fourth-order valence-corrected chi connectivity index (χ4v) is 6.81. The molecule has 0 aromatic heterocycles. The Labute approximate surface area is 277 Å². The second kappa shape index (κ2) is 15.6. The van der Waals surface area contributed by atoms with Crippen molar-refractivity contribution in [1.82, 2.24) is 14.9 Å². The molecule has 0 bridgehead atoms. The van der Waals surface area contributed by atoms with E-state index in [-0.39, 0.29) is 43.7 Å². The molecule has 1 aliphatic heterocycles. The number of carbonyl (C=O) groups excluding carboxylic acids is 2. The van der Waals surface area contributed by atoms with Crippen molar-refractivity contribution in [2.45, 2.75) is 70.7 Å². The fraction of sp³-hybridized carbons (Fsp3) is 0.429. The predicted octanol–water partition coefficient (Wildman–Crippen LogP) is 4.49. The highest BCUT2D eigenvalue weighted by Crippen LogP contribution is 2.35. The maximum Gasteiger partial charge on any atom is 0.408 e. The number of aliphatic hydroxyl groups is 1. The summed E-state index contributed by atoms with van der Waals surface area (Å²) in [6.07, 6.45) is -1.86. The highest BCUT2D eigenvalue weighted by molar-refractivity contribution is 7.89. The third-order valence-electron chi connectivity index (χ3n) is 7.64. The molecule has 47 heavy (non-hydrogen) atoms. The van der Waals surface area contributed by atoms with Crippen LogP contribution in [-0.4, -0.2) is 67.9 Å². The van der Waals surface area contributed by atoms with Crippen molar-refractivity contribution in [3.8, 4) is 11.5 Å². The van der Waals surface area contributed by atoms with Gasteiger partial charge in [-0.05, 0) is 41.0 Å². The largest absolute Gasteiger partial charge is 0.454 e. The number of aliphatic hydroxyl groups excluding tert-OH is 1. The molecule has 4 rings (SSSR count). The van der Waals surface area contributed by atoms with Crippen molar-refractivity contribution in [2.24, 2.45) is 11.3 Å². The van der Waals surface area contributed by atoms with Gasteiger partial charge in [-0.15, -0.1) is 0 Å². The molecule has 11 nitrogen and oxygen atoms in total. The van der Waals surface area contributed by atoms with E-state index in [1.165, 1.54) is 16.4 Å². The van der Waals surface area contributed by atoms with Gasteiger partial charge >= 0.3 is 6.09 Å². The minimum absolute atomic E-state index is 0.00326. The van der Waals surface area contributed by atoms with Crippen LogP contribution < -0.4 is 20.1 Å². The van der Waals surface area contributed by atoms with E-state index in [0.717, 1.165) is 11.1 Å². The third-order valence-corrected chi connectivity index (χ3v) is 9.46. The molecule has 1 aliphatic rings. The van der Waals surface area contributed by atoms with E-state index in [1.54, 1.807) is 26.8 Å². The van der Waals surface area contributed by atoms with Crippen LogP contribution in [0.1, 0.15) is 45.7 Å². The maximum atomic E-state index is 13.9. The SMILES string of the molecule is CC(C)CN(CC(O)C(Cc1ccccc1)NC(=O)C(NC(=O)OCc1ccccc1)C(C)(C)C)S(=O)(=O)c1ccc2c(c1)OCO2. The number of nitrogens with one attached hydrogen (secondary N) is 2. The summed E-state index contributed by atoms with van der Waals surface area (Å²) < 4.78 is 45.1. The van der Waals surface area contributed by atoms with E-state index in [9.17, 15) is 23.1 Å². The number of ether oxygens (including phenoxy) is 3. The van der Waals surface area contributed by atoms with E-state index >= 15 is 0 Å². The number of hydrogen-bond donors (Lipinski definition) is 3. The van der Waals surface area contributed by atoms with Crippen molar-refractivity contribution in [2.75, 3.05) is 19.9 Å². The minimum Gasteiger partial charge on any atom is -0.454 e. The fourth-order valence-electron chi connectivity index (χ4n) is 5.18. The Bertz CT molecular complexity index is 1590. The smallest absolute Gasteiger partial charge is 0.408 e. The lowest BCUT2D eigenvalue weighted by Gasteiger charge is -2.34. The average Bonchev–Trinajstić information content (AvgIpc) is 3.50. The zero-order valence-corrected chi connectivity index (χ0v) is 28.3. The van der Waals surface area contributed by atoms with Crippen LogP contribution >= 0.6 is 0 Å². The van der Waals surface area contributed by atoms with Gasteiger partial charge in [-0.1, -0.05) is 95.3 Å². The lowest BCUT2D eigenvalue weighted by molar-refractivity contribution is -0.127. The zero-order chi connectivity index (χ0) is 34.2. The summed E-state index contributed by atoms with van der Waals surface area (Å²) in [6, 6.07) is 20.9. The molecule has 3 aromatic carbocycles. The van der Waals surface area contributed by atoms with Gasteiger partial charge in [-0.3, -0.25) is 4.79 Å². The number of amides is 2. The van der Waals surface area contributed by atoms with E-state index in [2.05, 4.69) is 10.6 Å². The second-order valence-corrected chi connectivity index (χ2v) is 15.0. The van der Waals surface area contributed by atoms with E-state index < -0.39 is 45.6 Å². The monoisotopic (exact) mass is 667 g/mol. The molecule has 0 aliphatic carbocycles. The predicted molar refractivity (Wildman–Crippen MR) is 177 cm³/mol. The van der Waals surface area contributed by atoms with Gasteiger partial charge in [-0.25, -0.2) is 13.2 Å². The molecule has 3 N–H and O–H groups in total. The number of alkyl carbamates (subject to hydrolysis) is 1. The topological polar surface area (TPSA) is 143 Å². The summed E-state index contributed by atoms with van der Waals surface area (Å²) in [5, 5.41) is 17.3. The lowest BCUT2D eigenvalue weighted by atomic mass is 9.85. The molecule has 3 aromatic rings. The number of nitrogens with zero attached hydrogens (tertiary/aromatic N) is 1. The molecular formula is C35H45N3O8S. The van der Waals surface area contributed by atoms with Gasteiger partial charge in [0.2, 0.25) is 22.7 Å². The molecule has 0 saturated heterocycles. The number of rotatable bonds is 14. The maximum absolute atomic E-state index is 13.9. The average molecular weight is 668 g/mol. The molecule has 3 atom stereocenters. The quantitative estimate of drug-likeness (QED) is 0.228. The summed E-state index contributed by atoms with van der Waals surface area (Å²) >= 11 is 0. The minimum atomic E-state index is -4.08. The van der Waals surface area contributed by atoms with Crippen LogP contribution in [0.3, 0.4) is 0 Å². The Kier molecular flexibility index (Phi) is 11.9. The Morgan fingerprint density at radius 2 is 1.51 bits per heavy atom. The van der Waals surface area contributed by atoms with Gasteiger partial charge in [0.05, 0.1) is 17.0 Å². The van der Waals surface area contributed by atoms with Gasteiger partial charge in [0.1, 0.15) is 12.6 Å². The molecule has 0 saturated carbocycles. The normalized spacial score (nSPS) is 14.8. The highest BCUT2D eigenvalue weighted by atomic mass is 32.2. The number of fused-ring (bicyclic) bond motifs is 1. The third kappa shape index (κ3) is 9.93. The van der Waals surface area contributed by atoms with Gasteiger partial charge in [0.25, 0.3) is 0 Å². The highest BCUT2D eigenvalue weighted by Gasteiger charge is 2.37. The standard InChI is InChI=1S/C35H45N3O8S/c1-24(2)20-38(47(42,43)27-16-17-30-31(19-27)46-23-45-30)21-29(39)28(18-25-12-8-6-9-13-25)36-33(40)32(35(3,4)5)37-34(41)44-22-26-14-10-7-11-15-26/h6-17,19,24,28-29,32,39H,18,20-23H2,1-5H3,(H,36,40)(H,37,41). The first-order valence-electron chi connectivity index (χ1n) is 15.6. The first-order chi connectivity index (χ1) is 22.2. The van der Waals surface area contributed by atoms with E-state index in [0.29, 0.717) is 11.5 Å².